The number of nitrogens with zero attached hydrogens (tertiary/aromatic N) is 1. The van der Waals surface area contributed by atoms with Crippen LogP contribution in [0.25, 0.3) is 0 Å². The molecule has 0 aromatic heterocycles. The number of piperidine rings is 1. The molecule has 1 aliphatic rings. The predicted octanol–water partition coefficient (Wildman–Crippen LogP) is 1.74. The lowest BCUT2D eigenvalue weighted by atomic mass is 10.1. The van der Waals surface area contributed by atoms with Gasteiger partial charge >= 0.3 is 0 Å². The molecule has 0 spiro atoms. The summed E-state index contributed by atoms with van der Waals surface area (Å²) < 4.78 is 32.5. The highest BCUT2D eigenvalue weighted by atomic mass is 79.9. The fourth-order valence-electron chi connectivity index (χ4n) is 2.29. The van der Waals surface area contributed by atoms with Crippen molar-refractivity contribution in [1.82, 2.24) is 4.31 Å². The Kier molecular flexibility index (Phi) is 5.19. The van der Waals surface area contributed by atoms with Crippen molar-refractivity contribution in [2.45, 2.75) is 30.4 Å². The van der Waals surface area contributed by atoms with Gasteiger partial charge in [-0.25, -0.2) is 8.42 Å². The molecule has 0 aliphatic carbocycles. The Bertz CT molecular complexity index is 568. The topological polar surface area (TPSA) is 66.8 Å². The van der Waals surface area contributed by atoms with Gasteiger partial charge in [0, 0.05) is 24.7 Å². The minimum Gasteiger partial charge on any atom is -0.392 e. The number of hydrogen-bond donors (Lipinski definition) is 1. The molecule has 1 fully saturated rings. The number of halogens is 1. The van der Waals surface area contributed by atoms with Crippen molar-refractivity contribution in [2.24, 2.45) is 0 Å². The van der Waals surface area contributed by atoms with Crippen LogP contribution in [0.4, 0.5) is 0 Å². The molecule has 0 amide bonds. The van der Waals surface area contributed by atoms with Gasteiger partial charge in [0.15, 0.2) is 0 Å². The van der Waals surface area contributed by atoms with E-state index in [0.29, 0.717) is 36.0 Å². The van der Waals surface area contributed by atoms with E-state index < -0.39 is 10.0 Å². The predicted molar refractivity (Wildman–Crippen MR) is 78.9 cm³/mol. The van der Waals surface area contributed by atoms with Crippen molar-refractivity contribution in [3.8, 4) is 0 Å². The minimum atomic E-state index is -3.54. The highest BCUT2D eigenvalue weighted by Crippen LogP contribution is 2.28. The lowest BCUT2D eigenvalue weighted by Crippen LogP contribution is -2.40. The second-order valence-electron chi connectivity index (χ2n) is 4.76. The third kappa shape index (κ3) is 3.23. The van der Waals surface area contributed by atoms with Crippen molar-refractivity contribution >= 4 is 26.0 Å². The molecule has 20 heavy (non-hydrogen) atoms. The van der Waals surface area contributed by atoms with E-state index in [9.17, 15) is 8.42 Å². The van der Waals surface area contributed by atoms with Crippen molar-refractivity contribution in [3.63, 3.8) is 0 Å². The first-order chi connectivity index (χ1) is 9.48. The number of aliphatic hydroxyl groups excluding tert-OH is 1. The first-order valence-electron chi connectivity index (χ1n) is 6.41. The Hall–Kier alpha value is -0.470. The molecule has 0 radical (unpaired) electrons. The molecule has 2 rings (SSSR count). The van der Waals surface area contributed by atoms with E-state index in [1.54, 1.807) is 19.2 Å². The van der Waals surface area contributed by atoms with E-state index in [1.165, 1.54) is 10.4 Å². The van der Waals surface area contributed by atoms with Gasteiger partial charge in [0.05, 0.1) is 17.6 Å². The number of aliphatic hydroxyl groups is 1. The summed E-state index contributed by atoms with van der Waals surface area (Å²) in [7, 11) is -1.89. The lowest BCUT2D eigenvalue weighted by Gasteiger charge is -2.30. The second-order valence-corrected chi connectivity index (χ2v) is 7.52. The maximum atomic E-state index is 12.6. The fraction of sp³-hybridized carbons (Fsp3) is 0.538. The summed E-state index contributed by atoms with van der Waals surface area (Å²) in [6, 6.07) is 4.86. The zero-order valence-electron chi connectivity index (χ0n) is 11.3. The second kappa shape index (κ2) is 6.53. The zero-order chi connectivity index (χ0) is 14.8. The molecule has 0 atom stereocenters. The molecule has 0 bridgehead atoms. The van der Waals surface area contributed by atoms with Crippen molar-refractivity contribution in [1.29, 1.82) is 0 Å². The van der Waals surface area contributed by atoms with Crippen LogP contribution in [0.1, 0.15) is 18.4 Å². The number of hydrogen-bond acceptors (Lipinski definition) is 4. The quantitative estimate of drug-likeness (QED) is 0.884. The standard InChI is InChI=1S/C13H18BrNO4S/c1-19-11-4-6-15(7-5-11)20(17,18)13-8-10(9-16)2-3-12(13)14/h2-3,8,11,16H,4-7,9H2,1H3. The Morgan fingerprint density at radius 3 is 2.60 bits per heavy atom. The van der Waals surface area contributed by atoms with Crippen LogP contribution in [-0.4, -0.2) is 44.1 Å². The molecule has 1 aromatic rings. The van der Waals surface area contributed by atoms with Gasteiger partial charge < -0.3 is 9.84 Å². The van der Waals surface area contributed by atoms with Gasteiger partial charge in [-0.15, -0.1) is 0 Å². The summed E-state index contributed by atoms with van der Waals surface area (Å²) >= 11 is 3.28. The minimum absolute atomic E-state index is 0.133. The number of rotatable bonds is 4. The molecule has 112 valence electrons. The van der Waals surface area contributed by atoms with Crippen LogP contribution in [0.15, 0.2) is 27.6 Å². The van der Waals surface area contributed by atoms with E-state index in [1.807, 2.05) is 0 Å². The van der Waals surface area contributed by atoms with Crippen LogP contribution in [0.2, 0.25) is 0 Å². The van der Waals surface area contributed by atoms with E-state index >= 15 is 0 Å². The number of sulfonamides is 1. The molecule has 1 N–H and O–H groups in total. The fourth-order valence-corrected chi connectivity index (χ4v) is 4.74. The van der Waals surface area contributed by atoms with Crippen molar-refractivity contribution in [3.05, 3.63) is 28.2 Å². The lowest BCUT2D eigenvalue weighted by molar-refractivity contribution is 0.0604. The van der Waals surface area contributed by atoms with Crippen molar-refractivity contribution < 1.29 is 18.3 Å². The van der Waals surface area contributed by atoms with Crippen LogP contribution in [-0.2, 0) is 21.4 Å². The molecule has 1 aliphatic heterocycles. The normalized spacial score (nSPS) is 18.4. The smallest absolute Gasteiger partial charge is 0.244 e. The molecular weight excluding hydrogens is 346 g/mol. The molecule has 1 aromatic carbocycles. The van der Waals surface area contributed by atoms with Gasteiger partial charge in [0.2, 0.25) is 10.0 Å². The van der Waals surface area contributed by atoms with Crippen LogP contribution in [0.3, 0.4) is 0 Å². The number of benzene rings is 1. The third-order valence-electron chi connectivity index (χ3n) is 3.53. The first kappa shape index (κ1) is 15.9. The molecule has 1 heterocycles. The van der Waals surface area contributed by atoms with Crippen LogP contribution >= 0.6 is 15.9 Å². The Labute approximate surface area is 127 Å². The SMILES string of the molecule is COC1CCN(S(=O)(=O)c2cc(CO)ccc2Br)CC1. The van der Waals surface area contributed by atoms with E-state index in [4.69, 9.17) is 9.84 Å². The largest absolute Gasteiger partial charge is 0.392 e. The maximum Gasteiger partial charge on any atom is 0.244 e. The van der Waals surface area contributed by atoms with Gasteiger partial charge in [-0.1, -0.05) is 6.07 Å². The molecule has 0 unspecified atom stereocenters. The maximum absolute atomic E-state index is 12.6. The van der Waals surface area contributed by atoms with Crippen LogP contribution < -0.4 is 0 Å². The van der Waals surface area contributed by atoms with E-state index in [2.05, 4.69) is 15.9 Å². The zero-order valence-corrected chi connectivity index (χ0v) is 13.7. The molecule has 0 saturated carbocycles. The van der Waals surface area contributed by atoms with Gasteiger partial charge in [0.25, 0.3) is 0 Å². The number of ether oxygens (including phenoxy) is 1. The van der Waals surface area contributed by atoms with Crippen LogP contribution in [0, 0.1) is 0 Å². The van der Waals surface area contributed by atoms with Gasteiger partial charge in [-0.05, 0) is 46.5 Å². The average Bonchev–Trinajstić information content (AvgIpc) is 2.47. The highest BCUT2D eigenvalue weighted by Gasteiger charge is 2.30. The first-order valence-corrected chi connectivity index (χ1v) is 8.64. The Morgan fingerprint density at radius 2 is 2.05 bits per heavy atom. The van der Waals surface area contributed by atoms with Gasteiger partial charge in [-0.2, -0.15) is 4.31 Å². The van der Waals surface area contributed by atoms with E-state index in [0.717, 1.165) is 0 Å². The summed E-state index contributed by atoms with van der Waals surface area (Å²) in [5.74, 6) is 0. The molecule has 1 saturated heterocycles. The summed E-state index contributed by atoms with van der Waals surface area (Å²) in [5.41, 5.74) is 0.582. The highest BCUT2D eigenvalue weighted by molar-refractivity contribution is 9.10. The van der Waals surface area contributed by atoms with Gasteiger partial charge in [0.1, 0.15) is 0 Å². The molecule has 7 heteroatoms. The van der Waals surface area contributed by atoms with E-state index in [-0.39, 0.29) is 17.6 Å². The summed E-state index contributed by atoms with van der Waals surface area (Å²) in [6.45, 7) is 0.731. The Morgan fingerprint density at radius 1 is 1.40 bits per heavy atom. The number of methoxy groups -OCH3 is 1. The van der Waals surface area contributed by atoms with Gasteiger partial charge in [-0.3, -0.25) is 0 Å². The average molecular weight is 364 g/mol. The monoisotopic (exact) mass is 363 g/mol. The summed E-state index contributed by atoms with van der Waals surface area (Å²) in [5, 5.41) is 9.16. The molecular formula is C13H18BrNO4S. The van der Waals surface area contributed by atoms with Crippen molar-refractivity contribution in [2.75, 3.05) is 20.2 Å². The van der Waals surface area contributed by atoms with Crippen LogP contribution in [0.5, 0.6) is 0 Å². The summed E-state index contributed by atoms with van der Waals surface area (Å²) in [6.07, 6.45) is 1.54. The Balaban J connectivity index is 2.27. The molecule has 5 nitrogen and oxygen atoms in total. The third-order valence-corrected chi connectivity index (χ3v) is 6.42. The summed E-state index contributed by atoms with van der Waals surface area (Å²) in [4.78, 5) is 0.208.